The van der Waals surface area contributed by atoms with Crippen molar-refractivity contribution in [2.45, 2.75) is 64.2 Å². The lowest BCUT2D eigenvalue weighted by molar-refractivity contribution is 0.591. The molecule has 2 aliphatic carbocycles. The molecule has 53 heavy (non-hydrogen) atoms. The third-order valence-corrected chi connectivity index (χ3v) is 11.3. The van der Waals surface area contributed by atoms with Gasteiger partial charge in [-0.05, 0) is 126 Å². The van der Waals surface area contributed by atoms with Crippen LogP contribution >= 0.6 is 11.6 Å². The zero-order chi connectivity index (χ0) is 36.7. The number of hydrogen-bond acceptors (Lipinski definition) is 0. The van der Waals surface area contributed by atoms with Crippen LogP contribution in [0.25, 0.3) is 39.0 Å². The first kappa shape index (κ1) is 34.9. The lowest BCUT2D eigenvalue weighted by atomic mass is 9.74. The van der Waals surface area contributed by atoms with Gasteiger partial charge in [-0.2, -0.15) is 0 Å². The van der Waals surface area contributed by atoms with Crippen molar-refractivity contribution in [1.82, 2.24) is 0 Å². The molecule has 6 aromatic carbocycles. The Hall–Kier alpha value is -5.17. The van der Waals surface area contributed by atoms with Gasteiger partial charge in [0.2, 0.25) is 0 Å². The maximum atomic E-state index is 6.40. The minimum atomic E-state index is -0.302. The molecule has 1 heteroatoms. The van der Waals surface area contributed by atoms with Crippen LogP contribution in [0.3, 0.4) is 0 Å². The van der Waals surface area contributed by atoms with Crippen LogP contribution in [0, 0.1) is 0 Å². The van der Waals surface area contributed by atoms with Gasteiger partial charge in [0.1, 0.15) is 0 Å². The van der Waals surface area contributed by atoms with E-state index < -0.39 is 0 Å². The minimum Gasteiger partial charge on any atom is -0.0843 e. The van der Waals surface area contributed by atoms with E-state index in [0.717, 1.165) is 17.9 Å². The van der Waals surface area contributed by atoms with E-state index in [1.165, 1.54) is 77.9 Å². The van der Waals surface area contributed by atoms with E-state index in [2.05, 4.69) is 186 Å². The van der Waals surface area contributed by atoms with Gasteiger partial charge in [-0.25, -0.2) is 0 Å². The average molecular weight is 707 g/mol. The smallest absolute Gasteiger partial charge is 0.0406 e. The van der Waals surface area contributed by atoms with Gasteiger partial charge in [-0.15, -0.1) is 0 Å². The van der Waals surface area contributed by atoms with Crippen molar-refractivity contribution >= 4 is 17.2 Å². The summed E-state index contributed by atoms with van der Waals surface area (Å²) in [5, 5.41) is 0.753. The lowest BCUT2D eigenvalue weighted by Crippen LogP contribution is -2.17. The summed E-state index contributed by atoms with van der Waals surface area (Å²) in [6.07, 6.45) is 13.4. The zero-order valence-electron chi connectivity index (χ0n) is 31.5. The number of hydrogen-bond donors (Lipinski definition) is 0. The zero-order valence-corrected chi connectivity index (χ0v) is 32.2. The second kappa shape index (κ2) is 14.0. The third kappa shape index (κ3) is 6.90. The molecule has 0 aliphatic heterocycles. The van der Waals surface area contributed by atoms with Gasteiger partial charge in [0.05, 0.1) is 0 Å². The molecular formula is C52H47Cl. The van der Waals surface area contributed by atoms with Crippen molar-refractivity contribution in [3.8, 4) is 33.4 Å². The highest BCUT2D eigenvalue weighted by atomic mass is 35.5. The standard InChI is InChI=1S/C52H47Cl/c1-51(2,3)48-33-45-43-32-47(52(4,5)34-41(29-35-17-9-6-10-18-35)36-25-27-42(53)28-26-36)44(37-19-11-7-12-20-37)30-40(43)31-46(45)49(38-23-15-16-24-38)50(48)39-21-13-8-14-22-39/h6-28,30,32-34,38H,29,31H2,1-5H3. The second-order valence-corrected chi connectivity index (χ2v) is 16.7. The van der Waals surface area contributed by atoms with E-state index in [1.54, 1.807) is 0 Å². The molecule has 0 amide bonds. The van der Waals surface area contributed by atoms with E-state index in [1.807, 2.05) is 12.1 Å². The molecule has 0 saturated carbocycles. The van der Waals surface area contributed by atoms with Crippen molar-refractivity contribution in [2.75, 3.05) is 0 Å². The van der Waals surface area contributed by atoms with Crippen molar-refractivity contribution < 1.29 is 0 Å². The van der Waals surface area contributed by atoms with E-state index >= 15 is 0 Å². The summed E-state index contributed by atoms with van der Waals surface area (Å²) in [5.74, 6) is 0.239. The summed E-state index contributed by atoms with van der Waals surface area (Å²) < 4.78 is 0. The fourth-order valence-electron chi connectivity index (χ4n) is 8.53. The van der Waals surface area contributed by atoms with Crippen LogP contribution in [0.4, 0.5) is 0 Å². The normalized spacial score (nSPS) is 14.1. The number of benzene rings is 6. The molecule has 6 aromatic rings. The molecule has 0 aromatic heterocycles. The highest BCUT2D eigenvalue weighted by Gasteiger charge is 2.34. The van der Waals surface area contributed by atoms with Crippen molar-refractivity contribution in [3.63, 3.8) is 0 Å². The number of rotatable bonds is 8. The predicted octanol–water partition coefficient (Wildman–Crippen LogP) is 14.4. The summed E-state index contributed by atoms with van der Waals surface area (Å²) in [4.78, 5) is 0. The first-order valence-electron chi connectivity index (χ1n) is 18.9. The molecule has 2 aliphatic rings. The van der Waals surface area contributed by atoms with E-state index in [4.69, 9.17) is 11.6 Å². The monoisotopic (exact) mass is 706 g/mol. The summed E-state index contributed by atoms with van der Waals surface area (Å²) in [6.45, 7) is 11.9. The molecule has 0 spiro atoms. The Morgan fingerprint density at radius 2 is 1.23 bits per heavy atom. The first-order valence-corrected chi connectivity index (χ1v) is 19.3. The average Bonchev–Trinajstić information content (AvgIpc) is 3.83. The minimum absolute atomic E-state index is 0.0521. The first-order chi connectivity index (χ1) is 25.6. The third-order valence-electron chi connectivity index (χ3n) is 11.1. The summed E-state index contributed by atoms with van der Waals surface area (Å²) in [6, 6.07) is 48.8. The van der Waals surface area contributed by atoms with Gasteiger partial charge in [0, 0.05) is 16.4 Å². The Morgan fingerprint density at radius 1 is 0.642 bits per heavy atom. The molecule has 0 unspecified atom stereocenters. The SMILES string of the molecule is CC(C)(C)c1cc2c(c(C3C=CC=C3)c1-c1ccccc1)Cc1cc(-c3ccccc3)c(C(C)(C)C=C(Cc3ccccc3)c3ccc(Cl)cc3)cc1-2. The van der Waals surface area contributed by atoms with E-state index in [0.29, 0.717) is 0 Å². The van der Waals surface area contributed by atoms with Crippen LogP contribution in [0.15, 0.2) is 164 Å². The Labute approximate surface area is 321 Å². The molecule has 0 N–H and O–H groups in total. The van der Waals surface area contributed by atoms with Crippen LogP contribution in [0.5, 0.6) is 0 Å². The van der Waals surface area contributed by atoms with Gasteiger partial charge in [0.15, 0.2) is 0 Å². The molecule has 0 bridgehead atoms. The van der Waals surface area contributed by atoms with Gasteiger partial charge in [-0.3, -0.25) is 0 Å². The molecule has 0 atom stereocenters. The topological polar surface area (TPSA) is 0 Å². The molecule has 0 saturated heterocycles. The fraction of sp³-hybridized carbons (Fsp3) is 0.192. The van der Waals surface area contributed by atoms with Crippen molar-refractivity contribution in [3.05, 3.63) is 208 Å². The van der Waals surface area contributed by atoms with Gasteiger partial charge >= 0.3 is 0 Å². The van der Waals surface area contributed by atoms with Crippen LogP contribution in [0.1, 0.15) is 79.5 Å². The van der Waals surface area contributed by atoms with Crippen LogP contribution in [0.2, 0.25) is 5.02 Å². The molecule has 0 radical (unpaired) electrons. The molecule has 0 nitrogen and oxygen atoms in total. The largest absolute Gasteiger partial charge is 0.0843 e. The molecule has 262 valence electrons. The quantitative estimate of drug-likeness (QED) is 0.148. The summed E-state index contributed by atoms with van der Waals surface area (Å²) in [5.41, 5.74) is 18.5. The fourth-order valence-corrected chi connectivity index (χ4v) is 8.65. The number of allylic oxidation sites excluding steroid dienone is 6. The Morgan fingerprint density at radius 3 is 1.85 bits per heavy atom. The van der Waals surface area contributed by atoms with Crippen LogP contribution in [-0.2, 0) is 23.7 Å². The Balaban J connectivity index is 1.37. The molecular weight excluding hydrogens is 660 g/mol. The highest BCUT2D eigenvalue weighted by Crippen LogP contribution is 2.52. The van der Waals surface area contributed by atoms with Gasteiger partial charge < -0.3 is 0 Å². The van der Waals surface area contributed by atoms with E-state index in [9.17, 15) is 0 Å². The molecule has 8 rings (SSSR count). The van der Waals surface area contributed by atoms with Gasteiger partial charge in [-0.1, -0.05) is 180 Å². The van der Waals surface area contributed by atoms with Crippen molar-refractivity contribution in [1.29, 1.82) is 0 Å². The van der Waals surface area contributed by atoms with Crippen LogP contribution < -0.4 is 0 Å². The maximum Gasteiger partial charge on any atom is 0.0406 e. The van der Waals surface area contributed by atoms with Crippen molar-refractivity contribution in [2.24, 2.45) is 0 Å². The maximum absolute atomic E-state index is 6.40. The Kier molecular flexibility index (Phi) is 9.21. The number of halogens is 1. The Bertz CT molecular complexity index is 2350. The van der Waals surface area contributed by atoms with E-state index in [-0.39, 0.29) is 16.7 Å². The number of fused-ring (bicyclic) bond motifs is 3. The van der Waals surface area contributed by atoms with Gasteiger partial charge in [0.25, 0.3) is 0 Å². The highest BCUT2D eigenvalue weighted by molar-refractivity contribution is 6.30. The second-order valence-electron chi connectivity index (χ2n) is 16.3. The lowest BCUT2D eigenvalue weighted by Gasteiger charge is -2.30. The molecule has 0 fully saturated rings. The van der Waals surface area contributed by atoms with Crippen LogP contribution in [-0.4, -0.2) is 0 Å². The molecule has 0 heterocycles. The summed E-state index contributed by atoms with van der Waals surface area (Å²) in [7, 11) is 0. The summed E-state index contributed by atoms with van der Waals surface area (Å²) >= 11 is 6.40. The predicted molar refractivity (Wildman–Crippen MR) is 228 cm³/mol.